The molecule has 1 N–H and O–H groups in total. The van der Waals surface area contributed by atoms with Gasteiger partial charge in [0.2, 0.25) is 0 Å². The lowest BCUT2D eigenvalue weighted by Gasteiger charge is -2.32. The lowest BCUT2D eigenvalue weighted by molar-refractivity contribution is 0.0717. The average molecular weight is 317 g/mol. The van der Waals surface area contributed by atoms with Crippen molar-refractivity contribution in [2.75, 3.05) is 0 Å². The molecular weight excluding hydrogens is 294 g/mol. The Hall–Kier alpha value is -0.670. The third kappa shape index (κ3) is 4.17. The van der Waals surface area contributed by atoms with Crippen molar-refractivity contribution >= 4 is 11.6 Å². The normalized spacial score (nSPS) is 24.0. The first-order valence-electron chi connectivity index (χ1n) is 7.85. The highest BCUT2D eigenvalue weighted by atomic mass is 35.5. The number of halogens is 3. The van der Waals surface area contributed by atoms with Crippen molar-refractivity contribution in [3.63, 3.8) is 0 Å². The van der Waals surface area contributed by atoms with Gasteiger partial charge in [-0.1, -0.05) is 50.6 Å². The van der Waals surface area contributed by atoms with Gasteiger partial charge in [-0.3, -0.25) is 0 Å². The zero-order valence-corrected chi connectivity index (χ0v) is 13.2. The molecule has 1 saturated carbocycles. The topological polar surface area (TPSA) is 20.2 Å². The van der Waals surface area contributed by atoms with E-state index in [1.807, 2.05) is 0 Å². The maximum absolute atomic E-state index is 13.3. The van der Waals surface area contributed by atoms with Gasteiger partial charge in [0.1, 0.15) is 0 Å². The fraction of sp³-hybridized carbons (Fsp3) is 0.647. The molecule has 0 radical (unpaired) electrons. The predicted octanol–water partition coefficient (Wildman–Crippen LogP) is 5.65. The minimum absolute atomic E-state index is 0.0882. The summed E-state index contributed by atoms with van der Waals surface area (Å²) < 4.78 is 26.4. The summed E-state index contributed by atoms with van der Waals surface area (Å²) in [7, 11) is 0. The van der Waals surface area contributed by atoms with Crippen LogP contribution in [0.1, 0.15) is 63.5 Å². The van der Waals surface area contributed by atoms with Crippen LogP contribution in [0.25, 0.3) is 0 Å². The van der Waals surface area contributed by atoms with Crippen molar-refractivity contribution in [1.29, 1.82) is 0 Å². The molecule has 0 bridgehead atoms. The van der Waals surface area contributed by atoms with E-state index in [1.54, 1.807) is 0 Å². The fourth-order valence-electron chi connectivity index (χ4n) is 3.30. The Labute approximate surface area is 130 Å². The highest BCUT2D eigenvalue weighted by Crippen LogP contribution is 2.40. The zero-order chi connectivity index (χ0) is 15.4. The molecule has 0 aromatic heterocycles. The van der Waals surface area contributed by atoms with E-state index in [-0.39, 0.29) is 10.9 Å². The smallest absolute Gasteiger partial charge is 0.160 e. The van der Waals surface area contributed by atoms with E-state index >= 15 is 0 Å². The number of hydrogen-bond donors (Lipinski definition) is 1. The van der Waals surface area contributed by atoms with Gasteiger partial charge in [-0.05, 0) is 36.8 Å². The van der Waals surface area contributed by atoms with Crippen molar-refractivity contribution in [3.8, 4) is 0 Å². The summed E-state index contributed by atoms with van der Waals surface area (Å²) in [5.41, 5.74) is 0.313. The number of unbranched alkanes of at least 4 members (excludes halogenated alkanes) is 1. The molecule has 1 nitrogen and oxygen atoms in total. The van der Waals surface area contributed by atoms with Gasteiger partial charge in [-0.2, -0.15) is 0 Å². The van der Waals surface area contributed by atoms with Crippen LogP contribution in [-0.4, -0.2) is 5.11 Å². The Bertz CT molecular complexity index is 470. The summed E-state index contributed by atoms with van der Waals surface area (Å²) in [6.07, 6.45) is 6.96. The highest BCUT2D eigenvalue weighted by molar-refractivity contribution is 6.31. The van der Waals surface area contributed by atoms with Crippen LogP contribution in [0.5, 0.6) is 0 Å². The molecule has 21 heavy (non-hydrogen) atoms. The summed E-state index contributed by atoms with van der Waals surface area (Å²) >= 11 is 5.95. The van der Waals surface area contributed by atoms with Crippen molar-refractivity contribution < 1.29 is 13.9 Å². The second-order valence-corrected chi connectivity index (χ2v) is 6.56. The van der Waals surface area contributed by atoms with E-state index in [0.717, 1.165) is 43.7 Å². The molecule has 0 saturated heterocycles. The Morgan fingerprint density at radius 3 is 2.43 bits per heavy atom. The molecule has 1 aliphatic rings. The second-order valence-electron chi connectivity index (χ2n) is 6.16. The molecule has 4 heteroatoms. The van der Waals surface area contributed by atoms with Gasteiger partial charge in [0, 0.05) is 10.6 Å². The van der Waals surface area contributed by atoms with Crippen LogP contribution >= 0.6 is 11.6 Å². The van der Waals surface area contributed by atoms with E-state index in [0.29, 0.717) is 5.56 Å². The monoisotopic (exact) mass is 316 g/mol. The number of benzene rings is 1. The van der Waals surface area contributed by atoms with E-state index in [2.05, 4.69) is 6.92 Å². The van der Waals surface area contributed by atoms with E-state index in [9.17, 15) is 13.9 Å². The van der Waals surface area contributed by atoms with Gasteiger partial charge >= 0.3 is 0 Å². The molecule has 2 rings (SSSR count). The van der Waals surface area contributed by atoms with Crippen molar-refractivity contribution in [3.05, 3.63) is 34.4 Å². The zero-order valence-electron chi connectivity index (χ0n) is 12.4. The largest absolute Gasteiger partial charge is 0.388 e. The number of aliphatic hydroxyl groups is 1. The van der Waals surface area contributed by atoms with Crippen molar-refractivity contribution in [2.24, 2.45) is 11.8 Å². The van der Waals surface area contributed by atoms with Gasteiger partial charge in [0.15, 0.2) is 11.6 Å². The standard InChI is InChI=1S/C17H23ClF2O/c1-2-3-4-11-5-7-12(8-6-11)17(21)13-9-15(19)16(20)10-14(13)18/h9-12,17,21H,2-8H2,1H3. The third-order valence-electron chi connectivity index (χ3n) is 4.66. The summed E-state index contributed by atoms with van der Waals surface area (Å²) in [6.45, 7) is 2.19. The molecule has 0 aliphatic heterocycles. The minimum Gasteiger partial charge on any atom is -0.388 e. The van der Waals surface area contributed by atoms with Crippen molar-refractivity contribution in [2.45, 2.75) is 58.0 Å². The minimum atomic E-state index is -0.973. The molecule has 1 atom stereocenters. The Morgan fingerprint density at radius 1 is 1.19 bits per heavy atom. The summed E-state index contributed by atoms with van der Waals surface area (Å²) in [5, 5.41) is 10.5. The fourth-order valence-corrected chi connectivity index (χ4v) is 3.57. The van der Waals surface area contributed by atoms with Crippen LogP contribution < -0.4 is 0 Å². The first kappa shape index (κ1) is 16.7. The average Bonchev–Trinajstić information content (AvgIpc) is 2.48. The van der Waals surface area contributed by atoms with Crippen LogP contribution in [0.2, 0.25) is 5.02 Å². The molecular formula is C17H23ClF2O. The summed E-state index contributed by atoms with van der Waals surface area (Å²) in [4.78, 5) is 0. The van der Waals surface area contributed by atoms with Crippen LogP contribution in [0, 0.1) is 23.5 Å². The number of aliphatic hydroxyl groups excluding tert-OH is 1. The van der Waals surface area contributed by atoms with E-state index < -0.39 is 17.7 Å². The first-order chi connectivity index (χ1) is 10.0. The molecule has 118 valence electrons. The maximum atomic E-state index is 13.3. The van der Waals surface area contributed by atoms with Gasteiger partial charge < -0.3 is 5.11 Å². The van der Waals surface area contributed by atoms with Crippen LogP contribution in [-0.2, 0) is 0 Å². The van der Waals surface area contributed by atoms with Gasteiger partial charge in [0.05, 0.1) is 6.10 Å². The lowest BCUT2D eigenvalue weighted by Crippen LogP contribution is -2.21. The van der Waals surface area contributed by atoms with Crippen LogP contribution in [0.4, 0.5) is 8.78 Å². The molecule has 1 aliphatic carbocycles. The predicted molar refractivity (Wildman–Crippen MR) is 81.3 cm³/mol. The summed E-state index contributed by atoms with van der Waals surface area (Å²) in [5.74, 6) is -1.09. The van der Waals surface area contributed by atoms with Gasteiger partial charge in [0.25, 0.3) is 0 Å². The Balaban J connectivity index is 1.99. The number of rotatable bonds is 5. The molecule has 0 heterocycles. The summed E-state index contributed by atoms with van der Waals surface area (Å²) in [6, 6.07) is 1.98. The molecule has 1 fully saturated rings. The molecule has 0 amide bonds. The van der Waals surface area contributed by atoms with Crippen LogP contribution in [0.15, 0.2) is 12.1 Å². The van der Waals surface area contributed by atoms with Crippen molar-refractivity contribution in [1.82, 2.24) is 0 Å². The van der Waals surface area contributed by atoms with E-state index in [1.165, 1.54) is 19.3 Å². The second kappa shape index (κ2) is 7.55. The Morgan fingerprint density at radius 2 is 1.81 bits per heavy atom. The molecule has 1 aromatic carbocycles. The third-order valence-corrected chi connectivity index (χ3v) is 4.99. The first-order valence-corrected chi connectivity index (χ1v) is 8.23. The van der Waals surface area contributed by atoms with Gasteiger partial charge in [-0.25, -0.2) is 8.78 Å². The Kier molecular flexibility index (Phi) is 6.00. The van der Waals surface area contributed by atoms with Crippen LogP contribution in [0.3, 0.4) is 0 Å². The number of hydrogen-bond acceptors (Lipinski definition) is 1. The van der Waals surface area contributed by atoms with E-state index in [4.69, 9.17) is 11.6 Å². The maximum Gasteiger partial charge on any atom is 0.160 e. The molecule has 0 spiro atoms. The molecule has 1 unspecified atom stereocenters. The lowest BCUT2D eigenvalue weighted by atomic mass is 9.76. The highest BCUT2D eigenvalue weighted by Gasteiger charge is 2.29. The van der Waals surface area contributed by atoms with Gasteiger partial charge in [-0.15, -0.1) is 0 Å². The quantitative estimate of drug-likeness (QED) is 0.696. The molecule has 1 aromatic rings. The SMILES string of the molecule is CCCCC1CCC(C(O)c2cc(F)c(F)cc2Cl)CC1.